The topological polar surface area (TPSA) is 27.7 Å². The van der Waals surface area contributed by atoms with Crippen LogP contribution in [0.5, 0.6) is 0 Å². The van der Waals surface area contributed by atoms with Crippen molar-refractivity contribution in [2.24, 2.45) is 0 Å². The molecule has 5 heteroatoms. The summed E-state index contributed by atoms with van der Waals surface area (Å²) in [5.74, 6) is 0. The van der Waals surface area contributed by atoms with Crippen LogP contribution < -0.4 is 15.6 Å². The van der Waals surface area contributed by atoms with Gasteiger partial charge in [-0.1, -0.05) is 91.0 Å². The summed E-state index contributed by atoms with van der Waals surface area (Å²) in [5.41, 5.74) is 0. The van der Waals surface area contributed by atoms with Crippen molar-refractivity contribution in [2.45, 2.75) is 0 Å². The highest BCUT2D eigenvalue weighted by Crippen LogP contribution is 2.11. The van der Waals surface area contributed by atoms with Crippen LogP contribution in [0.25, 0.3) is 0 Å². The van der Waals surface area contributed by atoms with E-state index in [1.807, 2.05) is 18.2 Å². The second kappa shape index (κ2) is 8.59. The zero-order valence-electron chi connectivity index (χ0n) is 14.5. The molecule has 0 atom stereocenters. The zero-order chi connectivity index (χ0) is 17.5. The average molecular weight is 364 g/mol. The zero-order valence-corrected chi connectivity index (χ0v) is 16.6. The van der Waals surface area contributed by atoms with Gasteiger partial charge in [-0.3, -0.25) is 0 Å². The summed E-state index contributed by atoms with van der Waals surface area (Å²) in [4.78, 5) is 0. The SMILES string of the molecule is C[O][Al]([O]C)[O][Si](c1ccccc1)(c1ccccc1)c1ccccc1. The third kappa shape index (κ3) is 3.78. The Morgan fingerprint density at radius 1 is 0.560 bits per heavy atom. The molecule has 0 spiro atoms. The van der Waals surface area contributed by atoms with Gasteiger partial charge in [-0.15, -0.1) is 0 Å². The van der Waals surface area contributed by atoms with E-state index in [-0.39, 0.29) is 0 Å². The molecular formula is C20H21AlO3Si. The first-order valence-electron chi connectivity index (χ1n) is 8.21. The Balaban J connectivity index is 2.27. The molecule has 3 nitrogen and oxygen atoms in total. The predicted octanol–water partition coefficient (Wildman–Crippen LogP) is 1.95. The minimum Gasteiger partial charge on any atom is -0.489 e. The molecule has 0 amide bonds. The highest BCUT2D eigenvalue weighted by atomic mass is 28.4. The van der Waals surface area contributed by atoms with Gasteiger partial charge in [0.1, 0.15) is 0 Å². The van der Waals surface area contributed by atoms with Gasteiger partial charge in [0, 0.05) is 14.2 Å². The van der Waals surface area contributed by atoms with Gasteiger partial charge in [-0.25, -0.2) is 0 Å². The van der Waals surface area contributed by atoms with Crippen LogP contribution in [0.3, 0.4) is 0 Å². The van der Waals surface area contributed by atoms with E-state index in [0.717, 1.165) is 0 Å². The summed E-state index contributed by atoms with van der Waals surface area (Å²) in [6, 6.07) is 31.3. The molecule has 0 aliphatic rings. The van der Waals surface area contributed by atoms with E-state index in [1.165, 1.54) is 15.6 Å². The van der Waals surface area contributed by atoms with Gasteiger partial charge in [-0.05, 0) is 15.6 Å². The molecule has 0 aromatic heterocycles. The number of benzene rings is 3. The van der Waals surface area contributed by atoms with Gasteiger partial charge in [0.15, 0.2) is 0 Å². The number of hydrogen-bond donors (Lipinski definition) is 0. The van der Waals surface area contributed by atoms with Gasteiger partial charge in [0.2, 0.25) is 0 Å². The Hall–Kier alpha value is -1.71. The summed E-state index contributed by atoms with van der Waals surface area (Å²) in [7, 11) is 0.589. The van der Waals surface area contributed by atoms with E-state index < -0.39 is 23.5 Å². The van der Waals surface area contributed by atoms with E-state index >= 15 is 0 Å². The molecule has 0 heterocycles. The van der Waals surface area contributed by atoms with Crippen LogP contribution in [0, 0.1) is 0 Å². The maximum absolute atomic E-state index is 6.73. The third-order valence-corrected chi connectivity index (χ3v) is 10.6. The van der Waals surface area contributed by atoms with Crippen molar-refractivity contribution in [1.29, 1.82) is 0 Å². The van der Waals surface area contributed by atoms with Crippen molar-refractivity contribution in [3.8, 4) is 0 Å². The van der Waals surface area contributed by atoms with Gasteiger partial charge >= 0.3 is 15.1 Å². The van der Waals surface area contributed by atoms with Crippen LogP contribution in [0.2, 0.25) is 0 Å². The van der Waals surface area contributed by atoms with Crippen molar-refractivity contribution in [3.63, 3.8) is 0 Å². The van der Waals surface area contributed by atoms with Crippen LogP contribution in [0.4, 0.5) is 0 Å². The normalized spacial score (nSPS) is 11.3. The first kappa shape index (κ1) is 18.1. The monoisotopic (exact) mass is 364 g/mol. The van der Waals surface area contributed by atoms with Crippen molar-refractivity contribution in [2.75, 3.05) is 14.2 Å². The molecule has 3 aromatic rings. The maximum atomic E-state index is 6.73. The molecule has 3 rings (SSSR count). The second-order valence-electron chi connectivity index (χ2n) is 5.66. The molecule has 3 aromatic carbocycles. The summed E-state index contributed by atoms with van der Waals surface area (Å²) < 4.78 is 17.8. The van der Waals surface area contributed by atoms with Crippen LogP contribution >= 0.6 is 0 Å². The third-order valence-electron chi connectivity index (χ3n) is 4.20. The molecule has 0 aliphatic heterocycles. The van der Waals surface area contributed by atoms with Crippen LogP contribution in [-0.2, 0) is 11.1 Å². The maximum Gasteiger partial charge on any atom is 0.894 e. The molecule has 0 saturated carbocycles. The molecule has 0 saturated heterocycles. The molecule has 0 aliphatic carbocycles. The molecule has 0 radical (unpaired) electrons. The van der Waals surface area contributed by atoms with Gasteiger partial charge in [0.05, 0.1) is 0 Å². The molecular weight excluding hydrogens is 343 g/mol. The molecule has 0 unspecified atom stereocenters. The summed E-state index contributed by atoms with van der Waals surface area (Å²) in [6.07, 6.45) is 0. The number of hydrogen-bond acceptors (Lipinski definition) is 3. The Morgan fingerprint density at radius 2 is 0.880 bits per heavy atom. The van der Waals surface area contributed by atoms with E-state index in [9.17, 15) is 0 Å². The standard InChI is InChI=1S/C18H15OSi.2CH3O.Al/c19-20(16-10-4-1-5-11-16,17-12-6-2-7-13-17)18-14-8-3-9-15-18;2*1-2;/h1-15H;2*1H3;/q3*-1;+3. The quantitative estimate of drug-likeness (QED) is 0.474. The second-order valence-corrected chi connectivity index (χ2v) is 11.2. The number of rotatable bonds is 7. The highest BCUT2D eigenvalue weighted by Gasteiger charge is 2.47. The van der Waals surface area contributed by atoms with Crippen molar-refractivity contribution < 1.29 is 11.1 Å². The van der Waals surface area contributed by atoms with Crippen molar-refractivity contribution in [1.82, 2.24) is 0 Å². The summed E-state index contributed by atoms with van der Waals surface area (Å²) >= 11 is -2.26. The minimum absolute atomic E-state index is 1.18. The summed E-state index contributed by atoms with van der Waals surface area (Å²) in [6.45, 7) is 0. The smallest absolute Gasteiger partial charge is 0.489 e. The van der Waals surface area contributed by atoms with E-state index in [2.05, 4.69) is 72.8 Å². The minimum atomic E-state index is -2.72. The van der Waals surface area contributed by atoms with E-state index in [4.69, 9.17) is 11.1 Å². The van der Waals surface area contributed by atoms with Crippen molar-refractivity contribution in [3.05, 3.63) is 91.0 Å². The lowest BCUT2D eigenvalue weighted by molar-refractivity contribution is 0.202. The largest absolute Gasteiger partial charge is 0.894 e. The molecule has 0 fully saturated rings. The van der Waals surface area contributed by atoms with Gasteiger partial charge in [0.25, 0.3) is 8.32 Å². The molecule has 0 bridgehead atoms. The lowest BCUT2D eigenvalue weighted by atomic mass is 10.3. The lowest BCUT2D eigenvalue weighted by Gasteiger charge is -2.35. The van der Waals surface area contributed by atoms with Crippen LogP contribution in [-0.4, -0.2) is 37.7 Å². The molecule has 0 N–H and O–H groups in total. The van der Waals surface area contributed by atoms with E-state index in [0.29, 0.717) is 0 Å². The predicted molar refractivity (Wildman–Crippen MR) is 105 cm³/mol. The fourth-order valence-electron chi connectivity index (χ4n) is 3.06. The first-order valence-corrected chi connectivity index (χ1v) is 11.5. The average Bonchev–Trinajstić information content (AvgIpc) is 2.71. The lowest BCUT2D eigenvalue weighted by Crippen LogP contribution is -2.71. The van der Waals surface area contributed by atoms with Crippen LogP contribution in [0.15, 0.2) is 91.0 Å². The first-order chi connectivity index (χ1) is 12.3. The molecule has 126 valence electrons. The Morgan fingerprint density at radius 3 is 1.16 bits per heavy atom. The van der Waals surface area contributed by atoms with Gasteiger partial charge in [-0.2, -0.15) is 0 Å². The summed E-state index contributed by atoms with van der Waals surface area (Å²) in [5, 5.41) is 3.54. The van der Waals surface area contributed by atoms with Crippen molar-refractivity contribution >= 4 is 39.0 Å². The van der Waals surface area contributed by atoms with Crippen LogP contribution in [0.1, 0.15) is 0 Å². The fraction of sp³-hybridized carbons (Fsp3) is 0.100. The highest BCUT2D eigenvalue weighted by molar-refractivity contribution is 7.09. The molecule has 25 heavy (non-hydrogen) atoms. The fourth-order valence-corrected chi connectivity index (χ4v) is 9.80. The Bertz CT molecular complexity index is 668. The van der Waals surface area contributed by atoms with Gasteiger partial charge < -0.3 is 11.1 Å². The van der Waals surface area contributed by atoms with E-state index in [1.54, 1.807) is 14.2 Å². The Kier molecular flexibility index (Phi) is 6.22. The Labute approximate surface area is 155 Å².